The Morgan fingerprint density at radius 3 is 2.89 bits per heavy atom. The lowest BCUT2D eigenvalue weighted by molar-refractivity contribution is -0.134. The standard InChI is InChI=1S/C19H30N4O4/c1-13(2)7-10-27-18-14(5-4-6-16(18)26-3)12-23-9-8-21-19(25)15(23)11-17(24)22-20/h4-6,13,15H,7-12,20H2,1-3H3,(H,21,25)(H,22,24). The molecule has 2 rings (SSSR count). The highest BCUT2D eigenvalue weighted by atomic mass is 16.5. The lowest BCUT2D eigenvalue weighted by Crippen LogP contribution is -2.56. The molecular weight excluding hydrogens is 348 g/mol. The zero-order valence-corrected chi connectivity index (χ0v) is 16.3. The molecule has 8 heteroatoms. The number of hydrogen-bond donors (Lipinski definition) is 3. The minimum Gasteiger partial charge on any atom is -0.493 e. The molecule has 1 fully saturated rings. The number of amides is 2. The van der Waals surface area contributed by atoms with E-state index < -0.39 is 6.04 Å². The third-order valence-electron chi connectivity index (χ3n) is 4.58. The van der Waals surface area contributed by atoms with Gasteiger partial charge in [-0.3, -0.25) is 19.9 Å². The van der Waals surface area contributed by atoms with E-state index in [9.17, 15) is 9.59 Å². The summed E-state index contributed by atoms with van der Waals surface area (Å²) in [6, 6.07) is 5.14. The molecule has 1 aromatic carbocycles. The molecule has 0 aromatic heterocycles. The Balaban J connectivity index is 2.20. The van der Waals surface area contributed by atoms with Crippen LogP contribution >= 0.6 is 0 Å². The Hall–Kier alpha value is -2.32. The summed E-state index contributed by atoms with van der Waals surface area (Å²) >= 11 is 0. The average Bonchev–Trinajstić information content (AvgIpc) is 2.65. The minimum absolute atomic E-state index is 0.00976. The van der Waals surface area contributed by atoms with Crippen LogP contribution in [0.15, 0.2) is 18.2 Å². The summed E-state index contributed by atoms with van der Waals surface area (Å²) in [5.74, 6) is 6.53. The fraction of sp³-hybridized carbons (Fsp3) is 0.579. The van der Waals surface area contributed by atoms with Gasteiger partial charge in [-0.15, -0.1) is 0 Å². The second-order valence-electron chi connectivity index (χ2n) is 7.03. The van der Waals surface area contributed by atoms with Crippen LogP contribution in [0.25, 0.3) is 0 Å². The van der Waals surface area contributed by atoms with Crippen LogP contribution in [-0.2, 0) is 16.1 Å². The highest BCUT2D eigenvalue weighted by Crippen LogP contribution is 2.33. The first kappa shape index (κ1) is 21.0. The monoisotopic (exact) mass is 378 g/mol. The number of methoxy groups -OCH3 is 1. The number of ether oxygens (including phenoxy) is 2. The molecular formula is C19H30N4O4. The first-order valence-electron chi connectivity index (χ1n) is 9.26. The molecule has 0 radical (unpaired) electrons. The Bertz CT molecular complexity index is 651. The number of hydrogen-bond acceptors (Lipinski definition) is 6. The fourth-order valence-electron chi connectivity index (χ4n) is 3.03. The average molecular weight is 378 g/mol. The number of rotatable bonds is 9. The number of hydrazine groups is 1. The maximum atomic E-state index is 12.3. The van der Waals surface area contributed by atoms with Gasteiger partial charge in [-0.1, -0.05) is 26.0 Å². The van der Waals surface area contributed by atoms with E-state index in [1.54, 1.807) is 7.11 Å². The summed E-state index contributed by atoms with van der Waals surface area (Å²) in [4.78, 5) is 26.0. The van der Waals surface area contributed by atoms with Crippen molar-refractivity contribution < 1.29 is 19.1 Å². The highest BCUT2D eigenvalue weighted by Gasteiger charge is 2.32. The first-order chi connectivity index (χ1) is 13.0. The van der Waals surface area contributed by atoms with Crippen molar-refractivity contribution in [3.05, 3.63) is 23.8 Å². The molecule has 4 N–H and O–H groups in total. The van der Waals surface area contributed by atoms with Crippen LogP contribution in [0.5, 0.6) is 11.5 Å². The topological polar surface area (TPSA) is 106 Å². The summed E-state index contributed by atoms with van der Waals surface area (Å²) in [6.45, 7) is 6.52. The summed E-state index contributed by atoms with van der Waals surface area (Å²) in [6.07, 6.45) is 0.943. The van der Waals surface area contributed by atoms with Gasteiger partial charge in [-0.05, 0) is 18.4 Å². The van der Waals surface area contributed by atoms with Gasteiger partial charge in [0, 0.05) is 25.2 Å². The zero-order chi connectivity index (χ0) is 19.8. The molecule has 0 aliphatic carbocycles. The lowest BCUT2D eigenvalue weighted by atomic mass is 10.1. The van der Waals surface area contributed by atoms with Gasteiger partial charge in [-0.2, -0.15) is 0 Å². The quantitative estimate of drug-likeness (QED) is 0.333. The van der Waals surface area contributed by atoms with Crippen molar-refractivity contribution in [2.24, 2.45) is 11.8 Å². The summed E-state index contributed by atoms with van der Waals surface area (Å²) in [5, 5.41) is 2.80. The predicted octanol–water partition coefficient (Wildman–Crippen LogP) is 0.801. The molecule has 1 saturated heterocycles. The zero-order valence-electron chi connectivity index (χ0n) is 16.3. The van der Waals surface area contributed by atoms with E-state index in [1.165, 1.54) is 0 Å². The number of benzene rings is 1. The van der Waals surface area contributed by atoms with Gasteiger partial charge < -0.3 is 14.8 Å². The number of piperazine rings is 1. The molecule has 1 aliphatic heterocycles. The van der Waals surface area contributed by atoms with E-state index >= 15 is 0 Å². The number of nitrogens with one attached hydrogen (secondary N) is 2. The number of nitrogens with two attached hydrogens (primary N) is 1. The molecule has 1 unspecified atom stereocenters. The number of para-hydroxylation sites is 1. The Kier molecular flexibility index (Phi) is 7.87. The number of carbonyl (C=O) groups is 2. The van der Waals surface area contributed by atoms with Crippen molar-refractivity contribution in [1.82, 2.24) is 15.6 Å². The SMILES string of the molecule is COc1cccc(CN2CCNC(=O)C2CC(=O)NN)c1OCCC(C)C. The van der Waals surface area contributed by atoms with Gasteiger partial charge in [0.2, 0.25) is 11.8 Å². The maximum Gasteiger partial charge on any atom is 0.237 e. The van der Waals surface area contributed by atoms with Crippen molar-refractivity contribution in [3.63, 3.8) is 0 Å². The van der Waals surface area contributed by atoms with E-state index in [1.807, 2.05) is 23.1 Å². The molecule has 150 valence electrons. The second-order valence-corrected chi connectivity index (χ2v) is 7.03. The Morgan fingerprint density at radius 2 is 2.22 bits per heavy atom. The van der Waals surface area contributed by atoms with Crippen LogP contribution in [0, 0.1) is 5.92 Å². The fourth-order valence-corrected chi connectivity index (χ4v) is 3.03. The van der Waals surface area contributed by atoms with Crippen molar-refractivity contribution in [2.45, 2.75) is 39.3 Å². The van der Waals surface area contributed by atoms with Crippen molar-refractivity contribution in [3.8, 4) is 11.5 Å². The summed E-state index contributed by atoms with van der Waals surface area (Å²) < 4.78 is 11.5. The largest absolute Gasteiger partial charge is 0.493 e. The molecule has 27 heavy (non-hydrogen) atoms. The van der Waals surface area contributed by atoms with Crippen LogP contribution < -0.4 is 26.1 Å². The minimum atomic E-state index is -0.572. The lowest BCUT2D eigenvalue weighted by Gasteiger charge is -2.35. The first-order valence-corrected chi connectivity index (χ1v) is 9.26. The van der Waals surface area contributed by atoms with Gasteiger partial charge in [-0.25, -0.2) is 5.84 Å². The van der Waals surface area contributed by atoms with Crippen molar-refractivity contribution >= 4 is 11.8 Å². The highest BCUT2D eigenvalue weighted by molar-refractivity contribution is 5.88. The normalized spacial score (nSPS) is 17.5. The predicted molar refractivity (Wildman–Crippen MR) is 102 cm³/mol. The molecule has 0 saturated carbocycles. The Morgan fingerprint density at radius 1 is 1.44 bits per heavy atom. The summed E-state index contributed by atoms with van der Waals surface area (Å²) in [7, 11) is 1.61. The molecule has 1 atom stereocenters. The van der Waals surface area contributed by atoms with Gasteiger partial charge in [0.15, 0.2) is 11.5 Å². The van der Waals surface area contributed by atoms with Gasteiger partial charge in [0.1, 0.15) is 0 Å². The van der Waals surface area contributed by atoms with Crippen LogP contribution in [0.3, 0.4) is 0 Å². The molecule has 8 nitrogen and oxygen atoms in total. The van der Waals surface area contributed by atoms with E-state index in [2.05, 4.69) is 24.6 Å². The molecule has 1 aliphatic rings. The smallest absolute Gasteiger partial charge is 0.237 e. The van der Waals surface area contributed by atoms with Crippen LogP contribution in [-0.4, -0.2) is 49.6 Å². The molecule has 1 heterocycles. The van der Waals surface area contributed by atoms with Crippen LogP contribution in [0.4, 0.5) is 0 Å². The number of carbonyl (C=O) groups excluding carboxylic acids is 2. The van der Waals surface area contributed by atoms with E-state index in [0.717, 1.165) is 12.0 Å². The Labute approximate surface area is 160 Å². The van der Waals surface area contributed by atoms with Crippen molar-refractivity contribution in [2.75, 3.05) is 26.8 Å². The third-order valence-corrected chi connectivity index (χ3v) is 4.58. The third kappa shape index (κ3) is 5.83. The van der Waals surface area contributed by atoms with Crippen LogP contribution in [0.2, 0.25) is 0 Å². The van der Waals surface area contributed by atoms with Gasteiger partial charge >= 0.3 is 0 Å². The van der Waals surface area contributed by atoms with Crippen LogP contribution in [0.1, 0.15) is 32.3 Å². The molecule has 0 bridgehead atoms. The van der Waals surface area contributed by atoms with E-state index in [4.69, 9.17) is 15.3 Å². The van der Waals surface area contributed by atoms with Gasteiger partial charge in [0.05, 0.1) is 26.2 Å². The molecule has 2 amide bonds. The van der Waals surface area contributed by atoms with Crippen molar-refractivity contribution in [1.29, 1.82) is 0 Å². The van der Waals surface area contributed by atoms with E-state index in [0.29, 0.717) is 43.7 Å². The van der Waals surface area contributed by atoms with E-state index in [-0.39, 0.29) is 18.2 Å². The molecule has 0 spiro atoms. The van der Waals surface area contributed by atoms with Gasteiger partial charge in [0.25, 0.3) is 0 Å². The second kappa shape index (κ2) is 10.1. The molecule has 1 aromatic rings. The summed E-state index contributed by atoms with van der Waals surface area (Å²) in [5.41, 5.74) is 3.02. The number of nitrogens with zero attached hydrogens (tertiary/aromatic N) is 1. The maximum absolute atomic E-state index is 12.3.